The number of carbonyl (C=O) groups excluding carboxylic acids is 2. The van der Waals surface area contributed by atoms with Gasteiger partial charge < -0.3 is 10.1 Å². The smallest absolute Gasteiger partial charge is 0.229 e. The normalized spacial score (nSPS) is 11.8. The number of methoxy groups -OCH3 is 1. The van der Waals surface area contributed by atoms with Crippen LogP contribution in [0.1, 0.15) is 49.9 Å². The van der Waals surface area contributed by atoms with Gasteiger partial charge in [-0.05, 0) is 25.0 Å². The fraction of sp³-hybridized carbons (Fsp3) is 0.474. The molecule has 0 aliphatic heterocycles. The number of aromatic nitrogens is 2. The molecule has 1 heterocycles. The molecule has 0 unspecified atom stereocenters. The average Bonchev–Trinajstić information content (AvgIpc) is 3.14. The molecule has 0 bridgehead atoms. The Hall–Kier alpha value is -1.93. The lowest BCUT2D eigenvalue weighted by molar-refractivity contribution is -0.120. The number of nitrogens with zero attached hydrogens (tertiary/aromatic N) is 2. The summed E-state index contributed by atoms with van der Waals surface area (Å²) in [7, 11) is 1.57. The highest BCUT2D eigenvalue weighted by Crippen LogP contribution is 2.27. The molecule has 0 saturated carbocycles. The molecule has 146 valence electrons. The molecule has 0 radical (unpaired) electrons. The predicted molar refractivity (Wildman–Crippen MR) is 110 cm³/mol. The minimum atomic E-state index is -0.00898. The molecular weight excluding hydrogens is 382 g/mol. The number of amides is 1. The Morgan fingerprint density at radius 2 is 2.11 bits per heavy atom. The van der Waals surface area contributed by atoms with Crippen LogP contribution in [0, 0.1) is 5.92 Å². The monoisotopic (exact) mass is 407 g/mol. The first-order valence-electron chi connectivity index (χ1n) is 9.01. The van der Waals surface area contributed by atoms with Gasteiger partial charge in [0.1, 0.15) is 5.75 Å². The molecule has 8 heteroatoms. The third-order valence-corrected chi connectivity index (χ3v) is 6.10. The van der Waals surface area contributed by atoms with E-state index < -0.39 is 0 Å². The third kappa shape index (κ3) is 6.62. The first-order chi connectivity index (χ1) is 13.1. The molecular formula is C19H25N3O3S2. The average molecular weight is 408 g/mol. The lowest BCUT2D eigenvalue weighted by Gasteiger charge is -2.12. The zero-order valence-corrected chi connectivity index (χ0v) is 17.5. The van der Waals surface area contributed by atoms with Gasteiger partial charge in [-0.15, -0.1) is 10.2 Å². The molecule has 0 fully saturated rings. The van der Waals surface area contributed by atoms with E-state index in [0.29, 0.717) is 20.8 Å². The molecule has 0 aliphatic rings. The molecule has 0 aliphatic carbocycles. The van der Waals surface area contributed by atoms with Crippen molar-refractivity contribution >= 4 is 39.9 Å². The molecule has 1 atom stereocenters. The van der Waals surface area contributed by atoms with Gasteiger partial charge in [-0.2, -0.15) is 0 Å². The molecule has 6 nitrogen and oxygen atoms in total. The van der Waals surface area contributed by atoms with Gasteiger partial charge in [-0.3, -0.25) is 9.59 Å². The summed E-state index contributed by atoms with van der Waals surface area (Å²) in [4.78, 5) is 24.6. The van der Waals surface area contributed by atoms with Crippen molar-refractivity contribution in [3.8, 4) is 5.75 Å². The number of unbranched alkanes of at least 4 members (excludes halogenated alkanes) is 1. The summed E-state index contributed by atoms with van der Waals surface area (Å²) in [5, 5.41) is 11.4. The molecule has 0 saturated heterocycles. The molecule has 1 aromatic heterocycles. The molecule has 2 aromatic rings. The summed E-state index contributed by atoms with van der Waals surface area (Å²) in [6.07, 6.45) is 3.80. The third-order valence-electron chi connectivity index (χ3n) is 4.12. The van der Waals surface area contributed by atoms with Gasteiger partial charge in [-0.25, -0.2) is 0 Å². The van der Waals surface area contributed by atoms with Crippen LogP contribution in [0.25, 0.3) is 0 Å². The minimum Gasteiger partial charge on any atom is -0.497 e. The number of thioether (sulfide) groups is 1. The largest absolute Gasteiger partial charge is 0.497 e. The van der Waals surface area contributed by atoms with E-state index >= 15 is 0 Å². The standard InChI is InChI=1S/C19H25N3O3S2/c1-4-6-8-13(5-2)17(24)20-18-21-22-19(27-18)26-12-16(23)14-9-7-10-15(11-14)25-3/h7,9-11,13H,4-6,8,12H2,1-3H3,(H,20,21,24)/t13-/m1/s1. The second-order valence-electron chi connectivity index (χ2n) is 6.05. The van der Waals surface area contributed by atoms with E-state index in [1.165, 1.54) is 23.1 Å². The number of benzene rings is 1. The van der Waals surface area contributed by atoms with Gasteiger partial charge in [0.2, 0.25) is 11.0 Å². The van der Waals surface area contributed by atoms with Gasteiger partial charge in [0.05, 0.1) is 12.9 Å². The Balaban J connectivity index is 1.88. The van der Waals surface area contributed by atoms with E-state index in [9.17, 15) is 9.59 Å². The van der Waals surface area contributed by atoms with Crippen molar-refractivity contribution in [2.45, 2.75) is 43.9 Å². The zero-order chi connectivity index (χ0) is 19.6. The Morgan fingerprint density at radius 3 is 2.81 bits per heavy atom. The van der Waals surface area contributed by atoms with E-state index in [1.54, 1.807) is 31.4 Å². The number of anilines is 1. The highest BCUT2D eigenvalue weighted by Gasteiger charge is 2.18. The first kappa shape index (κ1) is 21.4. The van der Waals surface area contributed by atoms with Crippen LogP contribution in [0.15, 0.2) is 28.6 Å². The van der Waals surface area contributed by atoms with Crippen molar-refractivity contribution in [1.82, 2.24) is 10.2 Å². The highest BCUT2D eigenvalue weighted by atomic mass is 32.2. The predicted octanol–water partition coefficient (Wildman–Crippen LogP) is 4.68. The zero-order valence-electron chi connectivity index (χ0n) is 15.9. The summed E-state index contributed by atoms with van der Waals surface area (Å²) in [6.45, 7) is 4.14. The Kier molecular flexibility index (Phi) is 8.74. The van der Waals surface area contributed by atoms with Crippen LogP contribution in [0.3, 0.4) is 0 Å². The van der Waals surface area contributed by atoms with Crippen LogP contribution < -0.4 is 10.1 Å². The van der Waals surface area contributed by atoms with Gasteiger partial charge in [0, 0.05) is 11.5 Å². The topological polar surface area (TPSA) is 81.2 Å². The van der Waals surface area contributed by atoms with E-state index in [4.69, 9.17) is 4.74 Å². The fourth-order valence-electron chi connectivity index (χ4n) is 2.50. The number of carbonyl (C=O) groups is 2. The SMILES string of the molecule is CCCC[C@@H](CC)C(=O)Nc1nnc(SCC(=O)c2cccc(OC)c2)s1. The Morgan fingerprint density at radius 1 is 1.30 bits per heavy atom. The number of ether oxygens (including phenoxy) is 1. The van der Waals surface area contributed by atoms with Crippen molar-refractivity contribution in [2.75, 3.05) is 18.2 Å². The number of hydrogen-bond donors (Lipinski definition) is 1. The van der Waals surface area contributed by atoms with Crippen LogP contribution in [0.2, 0.25) is 0 Å². The van der Waals surface area contributed by atoms with Crippen LogP contribution >= 0.6 is 23.1 Å². The number of nitrogens with one attached hydrogen (secondary N) is 1. The second kappa shape index (κ2) is 11.0. The summed E-state index contributed by atoms with van der Waals surface area (Å²) < 4.78 is 5.80. The van der Waals surface area contributed by atoms with Crippen LogP contribution in [0.4, 0.5) is 5.13 Å². The summed E-state index contributed by atoms with van der Waals surface area (Å²) in [5.41, 5.74) is 0.599. The molecule has 1 amide bonds. The van der Waals surface area contributed by atoms with Gasteiger partial charge in [0.15, 0.2) is 10.1 Å². The Labute approximate surface area is 168 Å². The summed E-state index contributed by atoms with van der Waals surface area (Å²) in [5.74, 6) is 0.889. The summed E-state index contributed by atoms with van der Waals surface area (Å²) in [6, 6.07) is 7.07. The van der Waals surface area contributed by atoms with Crippen LogP contribution in [-0.4, -0.2) is 34.8 Å². The van der Waals surface area contributed by atoms with Gasteiger partial charge in [0.25, 0.3) is 0 Å². The van der Waals surface area contributed by atoms with Crippen molar-refractivity contribution in [3.63, 3.8) is 0 Å². The van der Waals surface area contributed by atoms with Crippen molar-refractivity contribution in [1.29, 1.82) is 0 Å². The van der Waals surface area contributed by atoms with Crippen LogP contribution in [0.5, 0.6) is 5.75 Å². The maximum atomic E-state index is 12.3. The number of ketones is 1. The van der Waals surface area contributed by atoms with E-state index in [0.717, 1.165) is 25.7 Å². The fourth-order valence-corrected chi connectivity index (χ4v) is 4.15. The quantitative estimate of drug-likeness (QED) is 0.331. The van der Waals surface area contributed by atoms with E-state index in [1.807, 2.05) is 6.92 Å². The van der Waals surface area contributed by atoms with Crippen molar-refractivity contribution in [3.05, 3.63) is 29.8 Å². The number of Topliss-reactive ketones (excluding diaryl/α,β-unsaturated/α-hetero) is 1. The maximum absolute atomic E-state index is 12.3. The second-order valence-corrected chi connectivity index (χ2v) is 8.25. The summed E-state index contributed by atoms with van der Waals surface area (Å²) >= 11 is 2.61. The lowest BCUT2D eigenvalue weighted by Crippen LogP contribution is -2.22. The van der Waals surface area contributed by atoms with E-state index in [-0.39, 0.29) is 23.4 Å². The highest BCUT2D eigenvalue weighted by molar-refractivity contribution is 8.01. The van der Waals surface area contributed by atoms with E-state index in [2.05, 4.69) is 22.4 Å². The first-order valence-corrected chi connectivity index (χ1v) is 10.8. The molecule has 1 N–H and O–H groups in total. The number of rotatable bonds is 11. The Bertz CT molecular complexity index is 764. The lowest BCUT2D eigenvalue weighted by atomic mass is 9.99. The minimum absolute atomic E-state index is 0.000378. The van der Waals surface area contributed by atoms with Gasteiger partial charge in [-0.1, -0.05) is 61.9 Å². The molecule has 27 heavy (non-hydrogen) atoms. The molecule has 1 aromatic carbocycles. The molecule has 0 spiro atoms. The van der Waals surface area contributed by atoms with Crippen molar-refractivity contribution < 1.29 is 14.3 Å². The van der Waals surface area contributed by atoms with Crippen LogP contribution in [-0.2, 0) is 4.79 Å². The molecule has 2 rings (SSSR count). The number of hydrogen-bond acceptors (Lipinski definition) is 7. The van der Waals surface area contributed by atoms with Crippen molar-refractivity contribution in [2.24, 2.45) is 5.92 Å². The van der Waals surface area contributed by atoms with Gasteiger partial charge >= 0.3 is 0 Å². The maximum Gasteiger partial charge on any atom is 0.229 e.